The molecule has 4 rings (SSSR count). The van der Waals surface area contributed by atoms with Crippen molar-refractivity contribution in [1.82, 2.24) is 9.80 Å². The first-order valence-electron chi connectivity index (χ1n) is 9.80. The molecule has 3 nitrogen and oxygen atoms in total. The summed E-state index contributed by atoms with van der Waals surface area (Å²) in [6.07, 6.45) is 7.08. The van der Waals surface area contributed by atoms with Crippen LogP contribution in [0.2, 0.25) is 0 Å². The molecule has 0 aromatic heterocycles. The summed E-state index contributed by atoms with van der Waals surface area (Å²) in [5.41, 5.74) is 1.42. The molecule has 2 fully saturated rings. The van der Waals surface area contributed by atoms with Crippen LogP contribution in [0.3, 0.4) is 0 Å². The lowest BCUT2D eigenvalue weighted by molar-refractivity contribution is -0.133. The molecule has 3 heteroatoms. The Kier molecular flexibility index (Phi) is 5.02. The fourth-order valence-electron chi connectivity index (χ4n) is 4.48. The number of carbonyl (C=O) groups is 1. The average molecular weight is 336 g/mol. The van der Waals surface area contributed by atoms with Gasteiger partial charge < -0.3 is 4.90 Å². The zero-order chi connectivity index (χ0) is 17.1. The number of piperidine rings is 1. The minimum absolute atomic E-state index is 0.338. The molecule has 0 bridgehead atoms. The summed E-state index contributed by atoms with van der Waals surface area (Å²) in [6, 6.07) is 15.7. The highest BCUT2D eigenvalue weighted by Gasteiger charge is 2.28. The standard InChI is InChI=1S/C22H28N2O/c25-22(23-13-4-1-5-14-23)17-24-15-7-11-20(24)16-19-10-6-9-18-8-2-3-12-21(18)19/h2-3,6,8-10,12,20H,1,4-5,7,11,13-17H2/t20-/m0/s1. The molecule has 2 aliphatic rings. The predicted molar refractivity (Wildman–Crippen MR) is 103 cm³/mol. The normalized spacial score (nSPS) is 21.8. The van der Waals surface area contributed by atoms with E-state index < -0.39 is 0 Å². The van der Waals surface area contributed by atoms with Crippen LogP contribution in [0.1, 0.15) is 37.7 Å². The van der Waals surface area contributed by atoms with Crippen molar-refractivity contribution in [3.63, 3.8) is 0 Å². The molecule has 2 saturated heterocycles. The molecule has 25 heavy (non-hydrogen) atoms. The third-order valence-electron chi connectivity index (χ3n) is 5.88. The summed E-state index contributed by atoms with van der Waals surface area (Å²) in [7, 11) is 0. The van der Waals surface area contributed by atoms with Gasteiger partial charge in [-0.3, -0.25) is 9.69 Å². The van der Waals surface area contributed by atoms with Gasteiger partial charge in [0.15, 0.2) is 0 Å². The molecule has 0 spiro atoms. The number of benzene rings is 2. The van der Waals surface area contributed by atoms with Gasteiger partial charge in [0.1, 0.15) is 0 Å². The van der Waals surface area contributed by atoms with Crippen LogP contribution in [-0.4, -0.2) is 47.9 Å². The second-order valence-electron chi connectivity index (χ2n) is 7.55. The van der Waals surface area contributed by atoms with Gasteiger partial charge in [-0.15, -0.1) is 0 Å². The Morgan fingerprint density at radius 1 is 0.920 bits per heavy atom. The number of nitrogens with zero attached hydrogens (tertiary/aromatic N) is 2. The lowest BCUT2D eigenvalue weighted by Crippen LogP contribution is -2.44. The van der Waals surface area contributed by atoms with Crippen molar-refractivity contribution in [2.75, 3.05) is 26.2 Å². The minimum atomic E-state index is 0.338. The van der Waals surface area contributed by atoms with E-state index in [1.54, 1.807) is 0 Å². The Morgan fingerprint density at radius 2 is 1.72 bits per heavy atom. The Morgan fingerprint density at radius 3 is 2.60 bits per heavy atom. The largest absolute Gasteiger partial charge is 0.342 e. The summed E-state index contributed by atoms with van der Waals surface area (Å²) < 4.78 is 0. The number of rotatable bonds is 4. The van der Waals surface area contributed by atoms with Gasteiger partial charge in [-0.1, -0.05) is 42.5 Å². The summed E-state index contributed by atoms with van der Waals surface area (Å²) in [5.74, 6) is 0.338. The van der Waals surface area contributed by atoms with E-state index in [0.29, 0.717) is 18.5 Å². The van der Waals surface area contributed by atoms with Crippen molar-refractivity contribution < 1.29 is 4.79 Å². The van der Waals surface area contributed by atoms with Crippen LogP contribution in [0.15, 0.2) is 42.5 Å². The molecule has 0 saturated carbocycles. The summed E-state index contributed by atoms with van der Waals surface area (Å²) >= 11 is 0. The number of hydrogen-bond acceptors (Lipinski definition) is 2. The van der Waals surface area contributed by atoms with Gasteiger partial charge in [0.2, 0.25) is 5.91 Å². The van der Waals surface area contributed by atoms with E-state index >= 15 is 0 Å². The SMILES string of the molecule is O=C(CN1CCC[C@H]1Cc1cccc2ccccc12)N1CCCCC1. The van der Waals surface area contributed by atoms with E-state index in [1.807, 2.05) is 0 Å². The number of likely N-dealkylation sites (tertiary alicyclic amines) is 2. The van der Waals surface area contributed by atoms with Crippen LogP contribution in [0, 0.1) is 0 Å². The number of carbonyl (C=O) groups excluding carboxylic acids is 1. The molecule has 0 radical (unpaired) electrons. The Balaban J connectivity index is 1.45. The van der Waals surface area contributed by atoms with E-state index in [9.17, 15) is 4.79 Å². The average Bonchev–Trinajstić information content (AvgIpc) is 3.09. The fraction of sp³-hybridized carbons (Fsp3) is 0.500. The smallest absolute Gasteiger partial charge is 0.236 e. The maximum atomic E-state index is 12.6. The predicted octanol–water partition coefficient (Wildman–Crippen LogP) is 3.86. The molecule has 0 unspecified atom stereocenters. The van der Waals surface area contributed by atoms with E-state index in [4.69, 9.17) is 0 Å². The minimum Gasteiger partial charge on any atom is -0.342 e. The second kappa shape index (κ2) is 7.57. The Labute approximate surface area is 150 Å². The third kappa shape index (κ3) is 3.72. The summed E-state index contributed by atoms with van der Waals surface area (Å²) in [5, 5.41) is 2.67. The van der Waals surface area contributed by atoms with E-state index in [1.165, 1.54) is 48.4 Å². The molecule has 2 heterocycles. The molecular formula is C22H28N2O. The molecule has 2 aromatic carbocycles. The van der Waals surface area contributed by atoms with Crippen LogP contribution < -0.4 is 0 Å². The van der Waals surface area contributed by atoms with Crippen molar-refractivity contribution in [3.8, 4) is 0 Å². The maximum absolute atomic E-state index is 12.6. The van der Waals surface area contributed by atoms with Crippen molar-refractivity contribution in [3.05, 3.63) is 48.0 Å². The van der Waals surface area contributed by atoms with Gasteiger partial charge in [0.25, 0.3) is 0 Å². The molecule has 1 atom stereocenters. The molecule has 0 aliphatic carbocycles. The maximum Gasteiger partial charge on any atom is 0.236 e. The first kappa shape index (κ1) is 16.6. The monoisotopic (exact) mass is 336 g/mol. The molecule has 0 N–H and O–H groups in total. The summed E-state index contributed by atoms with van der Waals surface area (Å²) in [6.45, 7) is 3.59. The van der Waals surface area contributed by atoms with E-state index in [2.05, 4.69) is 52.3 Å². The van der Waals surface area contributed by atoms with Crippen LogP contribution in [0.5, 0.6) is 0 Å². The third-order valence-corrected chi connectivity index (χ3v) is 5.88. The topological polar surface area (TPSA) is 23.6 Å². The highest BCUT2D eigenvalue weighted by Crippen LogP contribution is 2.26. The zero-order valence-electron chi connectivity index (χ0n) is 15.0. The van der Waals surface area contributed by atoms with Crippen molar-refractivity contribution in [2.24, 2.45) is 0 Å². The quantitative estimate of drug-likeness (QED) is 0.846. The Hall–Kier alpha value is -1.87. The van der Waals surface area contributed by atoms with Gasteiger partial charge in [-0.05, 0) is 61.4 Å². The number of amides is 1. The molecular weight excluding hydrogens is 308 g/mol. The number of hydrogen-bond donors (Lipinski definition) is 0. The van der Waals surface area contributed by atoms with Crippen molar-refractivity contribution in [2.45, 2.75) is 44.6 Å². The van der Waals surface area contributed by atoms with Crippen LogP contribution in [0.25, 0.3) is 10.8 Å². The van der Waals surface area contributed by atoms with E-state index in [-0.39, 0.29) is 0 Å². The van der Waals surface area contributed by atoms with Gasteiger partial charge in [-0.2, -0.15) is 0 Å². The van der Waals surface area contributed by atoms with Crippen LogP contribution in [0.4, 0.5) is 0 Å². The first-order valence-corrected chi connectivity index (χ1v) is 9.80. The van der Waals surface area contributed by atoms with Crippen molar-refractivity contribution >= 4 is 16.7 Å². The fourth-order valence-corrected chi connectivity index (χ4v) is 4.48. The lowest BCUT2D eigenvalue weighted by Gasteiger charge is -2.31. The zero-order valence-corrected chi connectivity index (χ0v) is 15.0. The Bertz CT molecular complexity index is 730. The van der Waals surface area contributed by atoms with Gasteiger partial charge in [0.05, 0.1) is 6.54 Å². The van der Waals surface area contributed by atoms with Crippen LogP contribution >= 0.6 is 0 Å². The van der Waals surface area contributed by atoms with Crippen molar-refractivity contribution in [1.29, 1.82) is 0 Å². The first-order chi connectivity index (χ1) is 12.3. The van der Waals surface area contributed by atoms with Gasteiger partial charge in [-0.25, -0.2) is 0 Å². The van der Waals surface area contributed by atoms with Gasteiger partial charge in [0, 0.05) is 19.1 Å². The number of fused-ring (bicyclic) bond motifs is 1. The molecule has 132 valence electrons. The highest BCUT2D eigenvalue weighted by atomic mass is 16.2. The van der Waals surface area contributed by atoms with Crippen LogP contribution in [-0.2, 0) is 11.2 Å². The van der Waals surface area contributed by atoms with E-state index in [0.717, 1.165) is 26.1 Å². The summed E-state index contributed by atoms with van der Waals surface area (Å²) in [4.78, 5) is 17.2. The molecule has 1 amide bonds. The second-order valence-corrected chi connectivity index (χ2v) is 7.55. The lowest BCUT2D eigenvalue weighted by atomic mass is 9.97. The molecule has 2 aromatic rings. The molecule has 2 aliphatic heterocycles. The highest BCUT2D eigenvalue weighted by molar-refractivity contribution is 5.85. The van der Waals surface area contributed by atoms with Gasteiger partial charge >= 0.3 is 0 Å².